The largest absolute Gasteiger partial charge is 0.372 e. The predicted molar refractivity (Wildman–Crippen MR) is 88.7 cm³/mol. The Morgan fingerprint density at radius 2 is 1.55 bits per heavy atom. The maximum atomic E-state index is 5.85. The summed E-state index contributed by atoms with van der Waals surface area (Å²) in [6, 6.07) is 16.0. The third kappa shape index (κ3) is 3.84. The molecule has 0 aliphatic carbocycles. The molecule has 0 aromatic heterocycles. The summed E-state index contributed by atoms with van der Waals surface area (Å²) in [5.74, 6) is 0. The summed E-state index contributed by atoms with van der Waals surface area (Å²) in [4.78, 5) is 6.75. The number of halogens is 1. The smallest absolute Gasteiger partial charge is 0.0630 e. The minimum Gasteiger partial charge on any atom is -0.372 e. The monoisotopic (exact) mass is 286 g/mol. The molecule has 3 heteroatoms. The SMILES string of the molecule is CCN(CC)c1ccc(C=Nc2ccc(Cl)cc2)cc1. The van der Waals surface area contributed by atoms with Gasteiger partial charge in [-0.05, 0) is 55.8 Å². The van der Waals surface area contributed by atoms with Crippen molar-refractivity contribution in [1.82, 2.24) is 0 Å². The molecule has 0 aliphatic heterocycles. The lowest BCUT2D eigenvalue weighted by molar-refractivity contribution is 0.866. The summed E-state index contributed by atoms with van der Waals surface area (Å²) in [5, 5.41) is 0.729. The van der Waals surface area contributed by atoms with E-state index in [2.05, 4.69) is 48.0 Å². The van der Waals surface area contributed by atoms with Crippen LogP contribution >= 0.6 is 11.6 Å². The highest BCUT2D eigenvalue weighted by Gasteiger charge is 2.00. The molecule has 0 heterocycles. The van der Waals surface area contributed by atoms with Crippen molar-refractivity contribution in [3.63, 3.8) is 0 Å². The Morgan fingerprint density at radius 3 is 2.10 bits per heavy atom. The van der Waals surface area contributed by atoms with Crippen molar-refractivity contribution in [2.24, 2.45) is 4.99 Å². The van der Waals surface area contributed by atoms with Crippen LogP contribution in [0.25, 0.3) is 0 Å². The van der Waals surface area contributed by atoms with Crippen LogP contribution in [-0.2, 0) is 0 Å². The Balaban J connectivity index is 2.08. The van der Waals surface area contributed by atoms with Gasteiger partial charge in [-0.1, -0.05) is 23.7 Å². The quantitative estimate of drug-likeness (QED) is 0.711. The number of rotatable bonds is 5. The highest BCUT2D eigenvalue weighted by molar-refractivity contribution is 6.30. The molecule has 2 aromatic carbocycles. The van der Waals surface area contributed by atoms with E-state index in [1.807, 2.05) is 30.5 Å². The summed E-state index contributed by atoms with van der Waals surface area (Å²) in [5.41, 5.74) is 3.25. The van der Waals surface area contributed by atoms with Crippen molar-refractivity contribution in [1.29, 1.82) is 0 Å². The summed E-state index contributed by atoms with van der Waals surface area (Å²) in [6.07, 6.45) is 1.87. The molecule has 0 saturated carbocycles. The van der Waals surface area contributed by atoms with Gasteiger partial charge in [-0.3, -0.25) is 4.99 Å². The maximum absolute atomic E-state index is 5.85. The van der Waals surface area contributed by atoms with Gasteiger partial charge in [0, 0.05) is 30.0 Å². The second kappa shape index (κ2) is 7.11. The van der Waals surface area contributed by atoms with Crippen molar-refractivity contribution in [2.75, 3.05) is 18.0 Å². The maximum Gasteiger partial charge on any atom is 0.0630 e. The molecule has 0 aliphatic rings. The van der Waals surface area contributed by atoms with Crippen LogP contribution in [0, 0.1) is 0 Å². The highest BCUT2D eigenvalue weighted by Crippen LogP contribution is 2.17. The van der Waals surface area contributed by atoms with Gasteiger partial charge in [-0.2, -0.15) is 0 Å². The first-order valence-electron chi connectivity index (χ1n) is 6.87. The molecule has 104 valence electrons. The second-order valence-corrected chi connectivity index (χ2v) is 4.93. The topological polar surface area (TPSA) is 15.6 Å². The highest BCUT2D eigenvalue weighted by atomic mass is 35.5. The number of benzene rings is 2. The Labute approximate surface area is 125 Å². The molecule has 0 fully saturated rings. The fourth-order valence-corrected chi connectivity index (χ4v) is 2.16. The molecule has 20 heavy (non-hydrogen) atoms. The zero-order valence-corrected chi connectivity index (χ0v) is 12.6. The molecule has 0 bridgehead atoms. The molecule has 2 nitrogen and oxygen atoms in total. The van der Waals surface area contributed by atoms with Gasteiger partial charge in [-0.15, -0.1) is 0 Å². The van der Waals surface area contributed by atoms with Crippen LogP contribution in [-0.4, -0.2) is 19.3 Å². The lowest BCUT2D eigenvalue weighted by Crippen LogP contribution is -2.21. The van der Waals surface area contributed by atoms with Crippen molar-refractivity contribution >= 4 is 29.2 Å². The van der Waals surface area contributed by atoms with Gasteiger partial charge >= 0.3 is 0 Å². The van der Waals surface area contributed by atoms with Gasteiger partial charge in [0.25, 0.3) is 0 Å². The average Bonchev–Trinajstić information content (AvgIpc) is 2.49. The van der Waals surface area contributed by atoms with Crippen molar-refractivity contribution in [2.45, 2.75) is 13.8 Å². The molecule has 0 saturated heterocycles. The summed E-state index contributed by atoms with van der Waals surface area (Å²) >= 11 is 5.85. The average molecular weight is 287 g/mol. The standard InChI is InChI=1S/C17H19ClN2/c1-3-20(4-2)17-11-5-14(6-12-17)13-19-16-9-7-15(18)8-10-16/h5-13H,3-4H2,1-2H3. The van der Waals surface area contributed by atoms with Crippen LogP contribution in [0.5, 0.6) is 0 Å². The third-order valence-electron chi connectivity index (χ3n) is 3.21. The van der Waals surface area contributed by atoms with E-state index in [1.54, 1.807) is 0 Å². The third-order valence-corrected chi connectivity index (χ3v) is 3.46. The minimum absolute atomic E-state index is 0.729. The van der Waals surface area contributed by atoms with Crippen LogP contribution in [0.2, 0.25) is 5.02 Å². The Kier molecular flexibility index (Phi) is 5.19. The van der Waals surface area contributed by atoms with Crippen LogP contribution in [0.3, 0.4) is 0 Å². The molecule has 0 spiro atoms. The van der Waals surface area contributed by atoms with Crippen LogP contribution in [0.4, 0.5) is 11.4 Å². The number of nitrogens with zero attached hydrogens (tertiary/aromatic N) is 2. The Morgan fingerprint density at radius 1 is 0.950 bits per heavy atom. The number of hydrogen-bond acceptors (Lipinski definition) is 2. The van der Waals surface area contributed by atoms with E-state index in [0.29, 0.717) is 0 Å². The summed E-state index contributed by atoms with van der Waals surface area (Å²) in [7, 11) is 0. The lowest BCUT2D eigenvalue weighted by atomic mass is 10.2. The first kappa shape index (κ1) is 14.6. The predicted octanol–water partition coefficient (Wildman–Crippen LogP) is 4.94. The molecule has 0 unspecified atom stereocenters. The second-order valence-electron chi connectivity index (χ2n) is 4.50. The van der Waals surface area contributed by atoms with Gasteiger partial charge in [0.05, 0.1) is 5.69 Å². The Bertz CT molecular complexity index is 555. The van der Waals surface area contributed by atoms with E-state index in [9.17, 15) is 0 Å². The molecule has 2 aromatic rings. The summed E-state index contributed by atoms with van der Waals surface area (Å²) in [6.45, 7) is 6.38. The molecular formula is C17H19ClN2. The number of aliphatic imine (C=N–C) groups is 1. The zero-order valence-electron chi connectivity index (χ0n) is 11.9. The summed E-state index contributed by atoms with van der Waals surface area (Å²) < 4.78 is 0. The number of hydrogen-bond donors (Lipinski definition) is 0. The van der Waals surface area contributed by atoms with Crippen LogP contribution in [0.1, 0.15) is 19.4 Å². The van der Waals surface area contributed by atoms with E-state index in [-0.39, 0.29) is 0 Å². The fraction of sp³-hybridized carbons (Fsp3) is 0.235. The fourth-order valence-electron chi connectivity index (χ4n) is 2.04. The molecule has 0 radical (unpaired) electrons. The van der Waals surface area contributed by atoms with Crippen molar-refractivity contribution in [3.8, 4) is 0 Å². The van der Waals surface area contributed by atoms with Gasteiger partial charge in [0.15, 0.2) is 0 Å². The lowest BCUT2D eigenvalue weighted by Gasteiger charge is -2.20. The zero-order chi connectivity index (χ0) is 14.4. The number of anilines is 1. The molecule has 0 N–H and O–H groups in total. The van der Waals surface area contributed by atoms with Crippen molar-refractivity contribution < 1.29 is 0 Å². The van der Waals surface area contributed by atoms with E-state index >= 15 is 0 Å². The van der Waals surface area contributed by atoms with Gasteiger partial charge < -0.3 is 4.90 Å². The normalized spacial score (nSPS) is 10.9. The van der Waals surface area contributed by atoms with Gasteiger partial charge in [-0.25, -0.2) is 0 Å². The Hall–Kier alpha value is -1.80. The van der Waals surface area contributed by atoms with E-state index < -0.39 is 0 Å². The van der Waals surface area contributed by atoms with Gasteiger partial charge in [0.1, 0.15) is 0 Å². The van der Waals surface area contributed by atoms with E-state index in [0.717, 1.165) is 29.4 Å². The first-order valence-corrected chi connectivity index (χ1v) is 7.25. The van der Waals surface area contributed by atoms with E-state index in [1.165, 1.54) is 5.69 Å². The van der Waals surface area contributed by atoms with Crippen LogP contribution in [0.15, 0.2) is 53.5 Å². The minimum atomic E-state index is 0.729. The molecule has 2 rings (SSSR count). The van der Waals surface area contributed by atoms with E-state index in [4.69, 9.17) is 11.6 Å². The molecule has 0 atom stereocenters. The first-order chi connectivity index (χ1) is 9.72. The van der Waals surface area contributed by atoms with Crippen LogP contribution < -0.4 is 4.90 Å². The molecular weight excluding hydrogens is 268 g/mol. The molecule has 0 amide bonds. The van der Waals surface area contributed by atoms with Gasteiger partial charge in [0.2, 0.25) is 0 Å². The van der Waals surface area contributed by atoms with Crippen molar-refractivity contribution in [3.05, 3.63) is 59.1 Å².